The molecule has 0 radical (unpaired) electrons. The van der Waals surface area contributed by atoms with Gasteiger partial charge in [0.15, 0.2) is 12.4 Å². The molecule has 1 aliphatic rings. The second-order valence-corrected chi connectivity index (χ2v) is 6.90. The van der Waals surface area contributed by atoms with Crippen LogP contribution in [-0.2, 0) is 11.0 Å². The molecule has 1 fully saturated rings. The number of ether oxygens (including phenoxy) is 1. The van der Waals surface area contributed by atoms with Crippen LogP contribution in [0.25, 0.3) is 0 Å². The van der Waals surface area contributed by atoms with Crippen molar-refractivity contribution in [1.29, 1.82) is 0 Å². The first-order chi connectivity index (χ1) is 14.1. The Balaban J connectivity index is 1.54. The van der Waals surface area contributed by atoms with Crippen LogP contribution in [0, 0.1) is 5.82 Å². The smallest absolute Gasteiger partial charge is 0.416 e. The molecule has 0 aliphatic carbocycles. The van der Waals surface area contributed by atoms with Gasteiger partial charge in [0.1, 0.15) is 11.6 Å². The second kappa shape index (κ2) is 8.73. The Morgan fingerprint density at radius 3 is 2.33 bits per heavy atom. The predicted molar refractivity (Wildman–Crippen MR) is 102 cm³/mol. The van der Waals surface area contributed by atoms with Gasteiger partial charge in [0, 0.05) is 31.7 Å². The van der Waals surface area contributed by atoms with Crippen LogP contribution in [-0.4, -0.2) is 49.4 Å². The second-order valence-electron chi connectivity index (χ2n) is 6.90. The fraction of sp³-hybridized carbons (Fsp3) is 0.333. The number of nitrogens with zero attached hydrogens (tertiary/aromatic N) is 2. The molecule has 0 bridgehead atoms. The summed E-state index contributed by atoms with van der Waals surface area (Å²) in [4.78, 5) is 27.0. The van der Waals surface area contributed by atoms with E-state index in [1.165, 1.54) is 30.0 Å². The monoisotopic (exact) mass is 424 g/mol. The maximum atomic E-state index is 14.3. The third kappa shape index (κ3) is 5.08. The zero-order valence-corrected chi connectivity index (χ0v) is 16.2. The van der Waals surface area contributed by atoms with Gasteiger partial charge in [-0.2, -0.15) is 13.2 Å². The molecule has 30 heavy (non-hydrogen) atoms. The molecule has 1 aliphatic heterocycles. The average molecular weight is 424 g/mol. The quantitative estimate of drug-likeness (QED) is 0.542. The molecule has 1 saturated heterocycles. The molecule has 9 heteroatoms. The lowest BCUT2D eigenvalue weighted by Crippen LogP contribution is -2.50. The van der Waals surface area contributed by atoms with Gasteiger partial charge in [-0.25, -0.2) is 4.39 Å². The third-order valence-corrected chi connectivity index (χ3v) is 4.85. The average Bonchev–Trinajstić information content (AvgIpc) is 2.71. The van der Waals surface area contributed by atoms with Gasteiger partial charge in [-0.3, -0.25) is 9.59 Å². The highest BCUT2D eigenvalue weighted by atomic mass is 19.4. The van der Waals surface area contributed by atoms with Gasteiger partial charge in [0.2, 0.25) is 0 Å². The van der Waals surface area contributed by atoms with Gasteiger partial charge in [0.05, 0.1) is 11.3 Å². The molecular weight excluding hydrogens is 404 g/mol. The van der Waals surface area contributed by atoms with Crippen molar-refractivity contribution in [2.45, 2.75) is 13.1 Å². The standard InChI is InChI=1S/C21H20F4N2O3/c1-14(28)15-5-6-19(18(22)11-15)26-7-9-27(10-8-26)20(29)13-30-17-4-2-3-16(12-17)21(23,24)25/h2-6,11-12H,7-10,13H2,1H3. The number of piperazine rings is 1. The molecular formula is C21H20F4N2O3. The van der Waals surface area contributed by atoms with Crippen LogP contribution in [0.3, 0.4) is 0 Å². The molecule has 2 aromatic carbocycles. The summed E-state index contributed by atoms with van der Waals surface area (Å²) in [6, 6.07) is 8.63. The molecule has 0 spiro atoms. The topological polar surface area (TPSA) is 49.9 Å². The molecule has 160 valence electrons. The molecule has 2 aromatic rings. The number of halogens is 4. The van der Waals surface area contributed by atoms with E-state index in [4.69, 9.17) is 4.74 Å². The minimum atomic E-state index is -4.49. The Morgan fingerprint density at radius 2 is 1.73 bits per heavy atom. The molecule has 0 aromatic heterocycles. The summed E-state index contributed by atoms with van der Waals surface area (Å²) in [6.07, 6.45) is -4.49. The normalized spacial score (nSPS) is 14.6. The molecule has 1 amide bonds. The largest absolute Gasteiger partial charge is 0.484 e. The van der Waals surface area contributed by atoms with E-state index in [1.807, 2.05) is 0 Å². The van der Waals surface area contributed by atoms with Crippen molar-refractivity contribution in [3.8, 4) is 5.75 Å². The number of alkyl halides is 3. The summed E-state index contributed by atoms with van der Waals surface area (Å²) in [5.41, 5.74) is -0.206. The summed E-state index contributed by atoms with van der Waals surface area (Å²) in [5, 5.41) is 0. The first kappa shape index (κ1) is 21.6. The van der Waals surface area contributed by atoms with Crippen molar-refractivity contribution in [2.24, 2.45) is 0 Å². The van der Waals surface area contributed by atoms with Crippen LogP contribution < -0.4 is 9.64 Å². The van der Waals surface area contributed by atoms with Gasteiger partial charge in [0.25, 0.3) is 5.91 Å². The Kier molecular flexibility index (Phi) is 6.28. The van der Waals surface area contributed by atoms with Crippen molar-refractivity contribution in [1.82, 2.24) is 4.90 Å². The van der Waals surface area contributed by atoms with E-state index in [1.54, 1.807) is 17.0 Å². The Labute approximate surface area is 170 Å². The van der Waals surface area contributed by atoms with Crippen molar-refractivity contribution in [2.75, 3.05) is 37.7 Å². The third-order valence-electron chi connectivity index (χ3n) is 4.85. The van der Waals surface area contributed by atoms with Crippen molar-refractivity contribution >= 4 is 17.4 Å². The van der Waals surface area contributed by atoms with E-state index in [0.29, 0.717) is 31.9 Å². The minimum Gasteiger partial charge on any atom is -0.484 e. The lowest BCUT2D eigenvalue weighted by atomic mass is 10.1. The van der Waals surface area contributed by atoms with Crippen LogP contribution in [0.2, 0.25) is 0 Å². The number of hydrogen-bond donors (Lipinski definition) is 0. The fourth-order valence-electron chi connectivity index (χ4n) is 3.18. The van der Waals surface area contributed by atoms with Crippen LogP contribution in [0.4, 0.5) is 23.2 Å². The minimum absolute atomic E-state index is 0.0376. The van der Waals surface area contributed by atoms with Gasteiger partial charge in [-0.05, 0) is 43.3 Å². The number of rotatable bonds is 5. The Morgan fingerprint density at radius 1 is 1.03 bits per heavy atom. The molecule has 3 rings (SSSR count). The van der Waals surface area contributed by atoms with Gasteiger partial charge in [-0.1, -0.05) is 6.07 Å². The van der Waals surface area contributed by atoms with Gasteiger partial charge in [-0.15, -0.1) is 0 Å². The van der Waals surface area contributed by atoms with Crippen molar-refractivity contribution in [3.05, 3.63) is 59.4 Å². The fourth-order valence-corrected chi connectivity index (χ4v) is 3.18. The van der Waals surface area contributed by atoms with Crippen molar-refractivity contribution in [3.63, 3.8) is 0 Å². The van der Waals surface area contributed by atoms with E-state index < -0.39 is 17.6 Å². The molecule has 5 nitrogen and oxygen atoms in total. The lowest BCUT2D eigenvalue weighted by molar-refractivity contribution is -0.137. The van der Waals surface area contributed by atoms with E-state index in [2.05, 4.69) is 0 Å². The van der Waals surface area contributed by atoms with E-state index in [9.17, 15) is 27.2 Å². The van der Waals surface area contributed by atoms with E-state index in [0.717, 1.165) is 12.1 Å². The number of carbonyl (C=O) groups is 2. The number of amides is 1. The summed E-state index contributed by atoms with van der Waals surface area (Å²) in [5.74, 6) is -1.13. The molecule has 0 atom stereocenters. The Hall–Kier alpha value is -3.10. The number of ketones is 1. The Bertz CT molecular complexity index is 938. The highest BCUT2D eigenvalue weighted by molar-refractivity contribution is 5.94. The first-order valence-electron chi connectivity index (χ1n) is 9.28. The summed E-state index contributed by atoms with van der Waals surface area (Å²) in [6.45, 7) is 2.37. The highest BCUT2D eigenvalue weighted by Gasteiger charge is 2.30. The first-order valence-corrected chi connectivity index (χ1v) is 9.28. The lowest BCUT2D eigenvalue weighted by Gasteiger charge is -2.36. The maximum Gasteiger partial charge on any atom is 0.416 e. The van der Waals surface area contributed by atoms with Gasteiger partial charge < -0.3 is 14.5 Å². The number of hydrogen-bond acceptors (Lipinski definition) is 4. The molecule has 0 N–H and O–H groups in total. The van der Waals surface area contributed by atoms with Gasteiger partial charge >= 0.3 is 6.18 Å². The zero-order valence-electron chi connectivity index (χ0n) is 16.2. The van der Waals surface area contributed by atoms with E-state index in [-0.39, 0.29) is 29.6 Å². The van der Waals surface area contributed by atoms with Crippen molar-refractivity contribution < 1.29 is 31.9 Å². The number of benzene rings is 2. The summed E-state index contributed by atoms with van der Waals surface area (Å²) >= 11 is 0. The number of anilines is 1. The SMILES string of the molecule is CC(=O)c1ccc(N2CCN(C(=O)COc3cccc(C(F)(F)F)c3)CC2)c(F)c1. The van der Waals surface area contributed by atoms with E-state index >= 15 is 0 Å². The van der Waals surface area contributed by atoms with Crippen LogP contribution in [0.1, 0.15) is 22.8 Å². The highest BCUT2D eigenvalue weighted by Crippen LogP contribution is 2.31. The number of Topliss-reactive ketones (excluding diaryl/α,β-unsaturated/α-hetero) is 1. The summed E-state index contributed by atoms with van der Waals surface area (Å²) in [7, 11) is 0. The summed E-state index contributed by atoms with van der Waals surface area (Å²) < 4.78 is 57.8. The van der Waals surface area contributed by atoms with Crippen LogP contribution in [0.15, 0.2) is 42.5 Å². The number of carbonyl (C=O) groups excluding carboxylic acids is 2. The maximum absolute atomic E-state index is 14.3. The predicted octanol–water partition coefficient (Wildman–Crippen LogP) is 3.77. The molecule has 1 heterocycles. The zero-order chi connectivity index (χ0) is 21.9. The van der Waals surface area contributed by atoms with Crippen LogP contribution >= 0.6 is 0 Å². The van der Waals surface area contributed by atoms with Crippen LogP contribution in [0.5, 0.6) is 5.75 Å². The molecule has 0 saturated carbocycles. The molecule has 0 unspecified atom stereocenters.